The molecule has 2 aromatic rings. The second kappa shape index (κ2) is 7.92. The molecule has 1 aromatic carbocycles. The molecule has 1 saturated heterocycles. The molecule has 1 aromatic heterocycles. The van der Waals surface area contributed by atoms with Crippen LogP contribution < -0.4 is 5.76 Å². The molecule has 8 heteroatoms. The van der Waals surface area contributed by atoms with Gasteiger partial charge in [0.15, 0.2) is 5.58 Å². The lowest BCUT2D eigenvalue weighted by Gasteiger charge is -2.31. The van der Waals surface area contributed by atoms with Crippen molar-refractivity contribution < 1.29 is 9.21 Å². The third kappa shape index (κ3) is 3.86. The van der Waals surface area contributed by atoms with Gasteiger partial charge in [-0.05, 0) is 30.9 Å². The molecule has 26 heavy (non-hydrogen) atoms. The minimum atomic E-state index is -0.472. The predicted octanol–water partition coefficient (Wildman–Crippen LogP) is 2.67. The zero-order chi connectivity index (χ0) is 17.9. The fourth-order valence-electron chi connectivity index (χ4n) is 3.34. The standard InChI is InChI=1S/C18H21N3O3S2/c22-16(11-21-14-3-1-2-4-15(14)24-18(21)23)20-8-5-13(6-9-20)12-26-17-19-7-10-25-17/h1-4,13H,5-12H2. The smallest absolute Gasteiger partial charge is 0.408 e. The van der Waals surface area contributed by atoms with Crippen molar-refractivity contribution in [1.29, 1.82) is 0 Å². The molecule has 0 unspecified atom stereocenters. The van der Waals surface area contributed by atoms with Gasteiger partial charge in [-0.3, -0.25) is 14.4 Å². The van der Waals surface area contributed by atoms with Crippen molar-refractivity contribution in [2.24, 2.45) is 10.9 Å². The van der Waals surface area contributed by atoms with Crippen LogP contribution in [0, 0.1) is 5.92 Å². The minimum Gasteiger partial charge on any atom is -0.408 e. The lowest BCUT2D eigenvalue weighted by atomic mass is 9.99. The summed E-state index contributed by atoms with van der Waals surface area (Å²) in [5, 5.41) is 0. The first-order valence-corrected chi connectivity index (χ1v) is 10.8. The summed E-state index contributed by atoms with van der Waals surface area (Å²) < 4.78 is 7.85. The number of rotatable bonds is 4. The summed E-state index contributed by atoms with van der Waals surface area (Å²) in [6, 6.07) is 7.21. The number of carbonyl (C=O) groups is 1. The van der Waals surface area contributed by atoms with Crippen LogP contribution in [0.3, 0.4) is 0 Å². The van der Waals surface area contributed by atoms with Crippen LogP contribution in [0.2, 0.25) is 0 Å². The molecule has 6 nitrogen and oxygen atoms in total. The maximum Gasteiger partial charge on any atom is 0.420 e. The van der Waals surface area contributed by atoms with E-state index < -0.39 is 5.76 Å². The number of fused-ring (bicyclic) bond motifs is 1. The van der Waals surface area contributed by atoms with E-state index in [-0.39, 0.29) is 12.5 Å². The van der Waals surface area contributed by atoms with Gasteiger partial charge in [0.05, 0.1) is 12.1 Å². The van der Waals surface area contributed by atoms with Gasteiger partial charge in [0.2, 0.25) is 5.91 Å². The van der Waals surface area contributed by atoms with E-state index >= 15 is 0 Å². The summed E-state index contributed by atoms with van der Waals surface area (Å²) in [7, 11) is 0. The van der Waals surface area contributed by atoms with E-state index in [1.165, 1.54) is 8.94 Å². The highest BCUT2D eigenvalue weighted by Gasteiger charge is 2.24. The number of piperidine rings is 1. The van der Waals surface area contributed by atoms with Crippen LogP contribution in [0.4, 0.5) is 0 Å². The molecule has 0 aliphatic carbocycles. The highest BCUT2D eigenvalue weighted by molar-refractivity contribution is 8.39. The number of para-hydroxylation sites is 2. The van der Waals surface area contributed by atoms with E-state index in [0.717, 1.165) is 44.0 Å². The summed E-state index contributed by atoms with van der Waals surface area (Å²) in [6.45, 7) is 2.51. The number of aromatic nitrogens is 1. The largest absolute Gasteiger partial charge is 0.420 e. The Morgan fingerprint density at radius 3 is 2.88 bits per heavy atom. The molecular formula is C18H21N3O3S2. The van der Waals surface area contributed by atoms with Crippen LogP contribution in [-0.2, 0) is 11.3 Å². The molecular weight excluding hydrogens is 370 g/mol. The second-order valence-corrected chi connectivity index (χ2v) is 8.90. The molecule has 3 heterocycles. The Hall–Kier alpha value is -1.67. The maximum absolute atomic E-state index is 12.6. The van der Waals surface area contributed by atoms with Gasteiger partial charge in [0.1, 0.15) is 10.9 Å². The first-order valence-electron chi connectivity index (χ1n) is 8.87. The van der Waals surface area contributed by atoms with Crippen LogP contribution >= 0.6 is 23.5 Å². The number of carbonyl (C=O) groups excluding carboxylic acids is 1. The highest BCUT2D eigenvalue weighted by Crippen LogP contribution is 2.28. The van der Waals surface area contributed by atoms with E-state index in [9.17, 15) is 9.59 Å². The van der Waals surface area contributed by atoms with Crippen LogP contribution in [0.15, 0.2) is 38.5 Å². The van der Waals surface area contributed by atoms with Crippen molar-refractivity contribution in [3.8, 4) is 0 Å². The van der Waals surface area contributed by atoms with E-state index in [1.807, 2.05) is 40.6 Å². The normalized spacial score (nSPS) is 18.5. The lowest BCUT2D eigenvalue weighted by Crippen LogP contribution is -2.41. The average Bonchev–Trinajstić information content (AvgIpc) is 3.29. The monoisotopic (exact) mass is 391 g/mol. The topological polar surface area (TPSA) is 67.8 Å². The molecule has 0 saturated carbocycles. The van der Waals surface area contributed by atoms with Crippen molar-refractivity contribution in [3.05, 3.63) is 34.8 Å². The number of benzene rings is 1. The second-order valence-electron chi connectivity index (χ2n) is 6.55. The first kappa shape index (κ1) is 17.7. The maximum atomic E-state index is 12.6. The van der Waals surface area contributed by atoms with Gasteiger partial charge < -0.3 is 9.32 Å². The van der Waals surface area contributed by atoms with Gasteiger partial charge in [-0.1, -0.05) is 35.7 Å². The number of oxazole rings is 1. The van der Waals surface area contributed by atoms with Crippen LogP contribution in [-0.4, -0.2) is 50.9 Å². The summed E-state index contributed by atoms with van der Waals surface area (Å²) in [5.74, 6) is 2.34. The molecule has 2 aliphatic rings. The van der Waals surface area contributed by atoms with Crippen molar-refractivity contribution in [3.63, 3.8) is 0 Å². The van der Waals surface area contributed by atoms with Gasteiger partial charge >= 0.3 is 5.76 Å². The Bertz CT molecular complexity index is 881. The Morgan fingerprint density at radius 2 is 2.12 bits per heavy atom. The molecule has 2 aliphatic heterocycles. The van der Waals surface area contributed by atoms with Gasteiger partial charge in [0.25, 0.3) is 0 Å². The van der Waals surface area contributed by atoms with Crippen LogP contribution in [0.5, 0.6) is 0 Å². The van der Waals surface area contributed by atoms with E-state index in [1.54, 1.807) is 12.1 Å². The van der Waals surface area contributed by atoms with Crippen molar-refractivity contribution in [1.82, 2.24) is 9.47 Å². The number of nitrogens with zero attached hydrogens (tertiary/aromatic N) is 3. The summed E-state index contributed by atoms with van der Waals surface area (Å²) in [4.78, 5) is 31.0. The average molecular weight is 392 g/mol. The molecule has 0 atom stereocenters. The molecule has 0 radical (unpaired) electrons. The first-order chi connectivity index (χ1) is 12.7. The molecule has 4 rings (SSSR count). The van der Waals surface area contributed by atoms with Crippen LogP contribution in [0.1, 0.15) is 12.8 Å². The third-order valence-electron chi connectivity index (χ3n) is 4.83. The zero-order valence-electron chi connectivity index (χ0n) is 14.4. The predicted molar refractivity (Wildman–Crippen MR) is 107 cm³/mol. The van der Waals surface area contributed by atoms with Crippen LogP contribution in [0.25, 0.3) is 11.1 Å². The van der Waals surface area contributed by atoms with Crippen molar-refractivity contribution in [2.75, 3.05) is 31.1 Å². The fourth-order valence-corrected chi connectivity index (χ4v) is 5.56. The highest BCUT2D eigenvalue weighted by atomic mass is 32.2. The third-order valence-corrected chi connectivity index (χ3v) is 7.32. The van der Waals surface area contributed by atoms with Gasteiger partial charge in [-0.15, -0.1) is 0 Å². The van der Waals surface area contributed by atoms with E-state index in [4.69, 9.17) is 4.42 Å². The van der Waals surface area contributed by atoms with Crippen molar-refractivity contribution >= 4 is 44.9 Å². The quantitative estimate of drug-likeness (QED) is 0.802. The van der Waals surface area contributed by atoms with E-state index in [2.05, 4.69) is 4.99 Å². The summed E-state index contributed by atoms with van der Waals surface area (Å²) >= 11 is 3.71. The lowest BCUT2D eigenvalue weighted by molar-refractivity contribution is -0.133. The Balaban J connectivity index is 1.32. The van der Waals surface area contributed by atoms with Gasteiger partial charge in [0, 0.05) is 24.6 Å². The molecule has 0 bridgehead atoms. The van der Waals surface area contributed by atoms with E-state index in [0.29, 0.717) is 17.0 Å². The summed E-state index contributed by atoms with van der Waals surface area (Å²) in [5.41, 5.74) is 1.20. The number of thioether (sulfide) groups is 2. The summed E-state index contributed by atoms with van der Waals surface area (Å²) in [6.07, 6.45) is 2.02. The number of aliphatic imine (C=N–C) groups is 1. The Morgan fingerprint density at radius 1 is 1.31 bits per heavy atom. The fraction of sp³-hybridized carbons (Fsp3) is 0.500. The molecule has 1 amide bonds. The Kier molecular flexibility index (Phi) is 5.40. The zero-order valence-corrected chi connectivity index (χ0v) is 16.1. The number of likely N-dealkylation sites (tertiary alicyclic amines) is 1. The SMILES string of the molecule is O=C(Cn1c(=O)oc2ccccc21)N1CCC(CSC2=NCCS2)CC1. The number of amides is 1. The molecule has 138 valence electrons. The number of hydrogen-bond donors (Lipinski definition) is 0. The minimum absolute atomic E-state index is 0.0134. The van der Waals surface area contributed by atoms with Gasteiger partial charge in [-0.2, -0.15) is 0 Å². The molecule has 0 N–H and O–H groups in total. The Labute approximate surface area is 160 Å². The molecule has 0 spiro atoms. The number of hydrogen-bond acceptors (Lipinski definition) is 6. The molecule has 1 fully saturated rings. The van der Waals surface area contributed by atoms with Crippen molar-refractivity contribution in [2.45, 2.75) is 19.4 Å². The van der Waals surface area contributed by atoms with Gasteiger partial charge in [-0.25, -0.2) is 4.79 Å².